The first-order valence-corrected chi connectivity index (χ1v) is 7.26. The van der Waals surface area contributed by atoms with Crippen molar-refractivity contribution in [2.75, 3.05) is 20.8 Å². The Morgan fingerprint density at radius 3 is 2.43 bits per heavy atom. The van der Waals surface area contributed by atoms with E-state index in [0.29, 0.717) is 0 Å². The minimum atomic E-state index is 0.252. The van der Waals surface area contributed by atoms with Crippen molar-refractivity contribution < 1.29 is 9.47 Å². The molecule has 1 unspecified atom stereocenters. The maximum Gasteiger partial charge on any atom is 0.132 e. The first kappa shape index (κ1) is 15.5. The third-order valence-electron chi connectivity index (χ3n) is 3.56. The second-order valence-corrected chi connectivity index (χ2v) is 5.04. The monoisotopic (exact) mass is 285 g/mol. The highest BCUT2D eigenvalue weighted by Gasteiger charge is 2.09. The summed E-state index contributed by atoms with van der Waals surface area (Å²) in [5, 5.41) is 3.25. The average Bonchev–Trinajstić information content (AvgIpc) is 2.54. The summed E-state index contributed by atoms with van der Waals surface area (Å²) >= 11 is 0. The summed E-state index contributed by atoms with van der Waals surface area (Å²) in [6.07, 6.45) is 0.921. The molecule has 0 fully saturated rings. The van der Waals surface area contributed by atoms with E-state index in [1.165, 1.54) is 5.56 Å². The van der Waals surface area contributed by atoms with E-state index in [1.54, 1.807) is 7.11 Å². The molecule has 0 amide bonds. The number of para-hydroxylation sites is 1. The summed E-state index contributed by atoms with van der Waals surface area (Å²) in [5.41, 5.74) is 2.41. The number of methoxy groups -OCH3 is 1. The molecular formula is C18H23NO2. The topological polar surface area (TPSA) is 30.5 Å². The van der Waals surface area contributed by atoms with Crippen LogP contribution in [0.25, 0.3) is 0 Å². The minimum Gasteiger partial charge on any atom is -0.457 e. The van der Waals surface area contributed by atoms with Crippen molar-refractivity contribution in [2.45, 2.75) is 19.4 Å². The lowest BCUT2D eigenvalue weighted by Gasteiger charge is -2.16. The first-order valence-electron chi connectivity index (χ1n) is 7.26. The van der Waals surface area contributed by atoms with Gasteiger partial charge in [-0.1, -0.05) is 30.3 Å². The number of ether oxygens (including phenoxy) is 2. The molecule has 0 spiro atoms. The Hall–Kier alpha value is -1.84. The molecule has 112 valence electrons. The quantitative estimate of drug-likeness (QED) is 0.835. The van der Waals surface area contributed by atoms with Crippen molar-refractivity contribution in [1.82, 2.24) is 5.32 Å². The molecule has 2 rings (SSSR count). The molecule has 1 N–H and O–H groups in total. The van der Waals surface area contributed by atoms with Crippen LogP contribution < -0.4 is 10.1 Å². The van der Waals surface area contributed by atoms with E-state index in [2.05, 4.69) is 30.4 Å². The Labute approximate surface area is 126 Å². The molecule has 0 aliphatic carbocycles. The molecule has 2 aromatic rings. The van der Waals surface area contributed by atoms with Gasteiger partial charge in [-0.25, -0.2) is 0 Å². The standard InChI is InChI=1S/C18H23NO2/c1-14(19-2)17-6-4-5-7-18(17)21-16-10-8-15(9-11-16)12-13-20-3/h4-11,14,19H,12-13H2,1-3H3. The Balaban J connectivity index is 2.11. The lowest BCUT2D eigenvalue weighted by molar-refractivity contribution is 0.202. The Bertz CT molecular complexity index is 551. The summed E-state index contributed by atoms with van der Waals surface area (Å²) in [6.45, 7) is 2.86. The minimum absolute atomic E-state index is 0.252. The van der Waals surface area contributed by atoms with Gasteiger partial charge < -0.3 is 14.8 Å². The van der Waals surface area contributed by atoms with Crippen LogP contribution in [0.1, 0.15) is 24.1 Å². The Morgan fingerprint density at radius 2 is 1.76 bits per heavy atom. The maximum absolute atomic E-state index is 6.02. The fourth-order valence-corrected chi connectivity index (χ4v) is 2.16. The van der Waals surface area contributed by atoms with Crippen LogP contribution in [-0.4, -0.2) is 20.8 Å². The van der Waals surface area contributed by atoms with Crippen LogP contribution in [0, 0.1) is 0 Å². The van der Waals surface area contributed by atoms with Gasteiger partial charge in [-0.3, -0.25) is 0 Å². The van der Waals surface area contributed by atoms with Gasteiger partial charge in [0, 0.05) is 18.7 Å². The predicted molar refractivity (Wildman–Crippen MR) is 86.0 cm³/mol. The molecule has 0 saturated carbocycles. The molecule has 0 aromatic heterocycles. The molecular weight excluding hydrogens is 262 g/mol. The van der Waals surface area contributed by atoms with Gasteiger partial charge in [0.05, 0.1) is 6.61 Å². The first-order chi connectivity index (χ1) is 10.2. The van der Waals surface area contributed by atoms with Crippen molar-refractivity contribution >= 4 is 0 Å². The van der Waals surface area contributed by atoms with Gasteiger partial charge >= 0.3 is 0 Å². The van der Waals surface area contributed by atoms with Gasteiger partial charge in [0.15, 0.2) is 0 Å². The van der Waals surface area contributed by atoms with Gasteiger partial charge in [-0.2, -0.15) is 0 Å². The number of nitrogens with one attached hydrogen (secondary N) is 1. The molecule has 0 radical (unpaired) electrons. The van der Waals surface area contributed by atoms with Crippen LogP contribution in [0.4, 0.5) is 0 Å². The predicted octanol–water partition coefficient (Wildman–Crippen LogP) is 3.95. The van der Waals surface area contributed by atoms with Crippen molar-refractivity contribution in [2.24, 2.45) is 0 Å². The van der Waals surface area contributed by atoms with Crippen molar-refractivity contribution in [3.63, 3.8) is 0 Å². The van der Waals surface area contributed by atoms with E-state index >= 15 is 0 Å². The summed E-state index contributed by atoms with van der Waals surface area (Å²) in [7, 11) is 3.67. The third kappa shape index (κ3) is 4.31. The van der Waals surface area contributed by atoms with Crippen molar-refractivity contribution in [1.29, 1.82) is 0 Å². The van der Waals surface area contributed by atoms with Crippen LogP contribution in [0.15, 0.2) is 48.5 Å². The molecule has 0 aliphatic heterocycles. The highest BCUT2D eigenvalue weighted by Crippen LogP contribution is 2.29. The Morgan fingerprint density at radius 1 is 1.05 bits per heavy atom. The van der Waals surface area contributed by atoms with E-state index in [9.17, 15) is 0 Å². The van der Waals surface area contributed by atoms with Gasteiger partial charge in [-0.05, 0) is 44.2 Å². The van der Waals surface area contributed by atoms with Crippen LogP contribution >= 0.6 is 0 Å². The second kappa shape index (κ2) is 7.81. The summed E-state index contributed by atoms with van der Waals surface area (Å²) in [4.78, 5) is 0. The number of benzene rings is 2. The third-order valence-corrected chi connectivity index (χ3v) is 3.56. The van der Waals surface area contributed by atoms with Crippen LogP contribution in [0.3, 0.4) is 0 Å². The second-order valence-electron chi connectivity index (χ2n) is 5.04. The summed E-state index contributed by atoms with van der Waals surface area (Å²) in [5.74, 6) is 1.75. The molecule has 3 heteroatoms. The molecule has 0 saturated heterocycles. The zero-order valence-corrected chi connectivity index (χ0v) is 12.9. The largest absolute Gasteiger partial charge is 0.457 e. The molecule has 0 heterocycles. The average molecular weight is 285 g/mol. The maximum atomic E-state index is 6.02. The smallest absolute Gasteiger partial charge is 0.132 e. The molecule has 3 nitrogen and oxygen atoms in total. The zero-order valence-electron chi connectivity index (χ0n) is 12.9. The highest BCUT2D eigenvalue weighted by atomic mass is 16.5. The van der Waals surface area contributed by atoms with E-state index in [1.807, 2.05) is 37.4 Å². The SMILES string of the molecule is CNC(C)c1ccccc1Oc1ccc(CCOC)cc1. The molecule has 21 heavy (non-hydrogen) atoms. The number of hydrogen-bond acceptors (Lipinski definition) is 3. The van der Waals surface area contributed by atoms with E-state index in [4.69, 9.17) is 9.47 Å². The number of hydrogen-bond donors (Lipinski definition) is 1. The zero-order chi connectivity index (χ0) is 15.1. The Kier molecular flexibility index (Phi) is 5.78. The molecule has 0 bridgehead atoms. The van der Waals surface area contributed by atoms with Crippen molar-refractivity contribution in [3.05, 3.63) is 59.7 Å². The molecule has 1 atom stereocenters. The van der Waals surface area contributed by atoms with Crippen LogP contribution in [-0.2, 0) is 11.2 Å². The molecule has 0 aliphatic rings. The lowest BCUT2D eigenvalue weighted by atomic mass is 10.1. The van der Waals surface area contributed by atoms with E-state index < -0.39 is 0 Å². The van der Waals surface area contributed by atoms with Gasteiger partial charge in [0.25, 0.3) is 0 Å². The fraction of sp³-hybridized carbons (Fsp3) is 0.333. The summed E-state index contributed by atoms with van der Waals surface area (Å²) < 4.78 is 11.1. The highest BCUT2D eigenvalue weighted by molar-refractivity contribution is 5.40. The molecule has 2 aromatic carbocycles. The van der Waals surface area contributed by atoms with Gasteiger partial charge in [0.2, 0.25) is 0 Å². The number of rotatable bonds is 7. The van der Waals surface area contributed by atoms with Gasteiger partial charge in [0.1, 0.15) is 11.5 Å². The fourth-order valence-electron chi connectivity index (χ4n) is 2.16. The van der Waals surface area contributed by atoms with Crippen molar-refractivity contribution in [3.8, 4) is 11.5 Å². The van der Waals surface area contributed by atoms with Gasteiger partial charge in [-0.15, -0.1) is 0 Å². The van der Waals surface area contributed by atoms with Crippen LogP contribution in [0.2, 0.25) is 0 Å². The van der Waals surface area contributed by atoms with E-state index in [0.717, 1.165) is 30.1 Å². The summed E-state index contributed by atoms with van der Waals surface area (Å²) in [6, 6.07) is 16.5. The van der Waals surface area contributed by atoms with Crippen LogP contribution in [0.5, 0.6) is 11.5 Å². The lowest BCUT2D eigenvalue weighted by Crippen LogP contribution is -2.13. The van der Waals surface area contributed by atoms with E-state index in [-0.39, 0.29) is 6.04 Å². The normalized spacial score (nSPS) is 12.1.